The summed E-state index contributed by atoms with van der Waals surface area (Å²) in [4.78, 5) is 1.72. The standard InChI is InChI=1S/C24H14Cl6N2S/c25-11-1-3-21(15(5-11)23-17(27)7-13(31)8-18(23)28)33-22-4-2-12(26)6-16(22)24-19(29)9-14(32)10-20(24)30/h1-10H,31-32H2. The summed E-state index contributed by atoms with van der Waals surface area (Å²) in [6.45, 7) is 0. The first-order valence-corrected chi connectivity index (χ1v) is 12.5. The molecule has 0 bridgehead atoms. The molecule has 0 aromatic heterocycles. The molecule has 0 saturated carbocycles. The monoisotopic (exact) mass is 572 g/mol. The van der Waals surface area contributed by atoms with Crippen molar-refractivity contribution >= 4 is 92.7 Å². The highest BCUT2D eigenvalue weighted by Gasteiger charge is 2.19. The van der Waals surface area contributed by atoms with E-state index in [0.29, 0.717) is 52.6 Å². The normalized spacial score (nSPS) is 11.1. The average Bonchev–Trinajstić information content (AvgIpc) is 2.70. The van der Waals surface area contributed by atoms with E-state index >= 15 is 0 Å². The molecule has 2 nitrogen and oxygen atoms in total. The number of nitrogen functional groups attached to an aromatic ring is 2. The van der Waals surface area contributed by atoms with E-state index in [9.17, 15) is 0 Å². The van der Waals surface area contributed by atoms with Gasteiger partial charge in [0.1, 0.15) is 0 Å². The van der Waals surface area contributed by atoms with Gasteiger partial charge in [0.15, 0.2) is 0 Å². The molecule has 0 heterocycles. The van der Waals surface area contributed by atoms with Crippen molar-refractivity contribution < 1.29 is 0 Å². The SMILES string of the molecule is Nc1cc(Cl)c(-c2cc(Cl)ccc2Sc2ccc(Cl)cc2-c2c(Cl)cc(N)cc2Cl)c(Cl)c1. The topological polar surface area (TPSA) is 52.0 Å². The second-order valence-corrected chi connectivity index (χ2v) is 10.7. The average molecular weight is 575 g/mol. The molecule has 168 valence electrons. The molecule has 0 aliphatic carbocycles. The van der Waals surface area contributed by atoms with Crippen LogP contribution in [-0.4, -0.2) is 0 Å². The smallest absolute Gasteiger partial charge is 0.0520 e. The van der Waals surface area contributed by atoms with Crippen molar-refractivity contribution in [1.82, 2.24) is 0 Å². The maximum Gasteiger partial charge on any atom is 0.0520 e. The number of nitrogens with two attached hydrogens (primary N) is 2. The van der Waals surface area contributed by atoms with E-state index in [2.05, 4.69) is 0 Å². The Labute approximate surface area is 225 Å². The maximum absolute atomic E-state index is 6.52. The molecule has 0 unspecified atom stereocenters. The van der Waals surface area contributed by atoms with Gasteiger partial charge in [0.25, 0.3) is 0 Å². The van der Waals surface area contributed by atoms with Crippen LogP contribution in [-0.2, 0) is 0 Å². The molecule has 0 atom stereocenters. The van der Waals surface area contributed by atoms with E-state index in [-0.39, 0.29) is 0 Å². The van der Waals surface area contributed by atoms with Crippen molar-refractivity contribution in [3.05, 3.63) is 90.8 Å². The van der Waals surface area contributed by atoms with Gasteiger partial charge in [-0.1, -0.05) is 81.4 Å². The molecule has 0 radical (unpaired) electrons. The summed E-state index contributed by atoms with van der Waals surface area (Å²) < 4.78 is 0. The number of anilines is 2. The molecule has 33 heavy (non-hydrogen) atoms. The summed E-state index contributed by atoms with van der Waals surface area (Å²) in [7, 11) is 0. The fraction of sp³-hybridized carbons (Fsp3) is 0. The van der Waals surface area contributed by atoms with Gasteiger partial charge in [-0.05, 0) is 60.7 Å². The fourth-order valence-electron chi connectivity index (χ4n) is 3.39. The zero-order valence-electron chi connectivity index (χ0n) is 16.6. The van der Waals surface area contributed by atoms with Gasteiger partial charge in [-0.3, -0.25) is 0 Å². The summed E-state index contributed by atoms with van der Waals surface area (Å²) in [6.07, 6.45) is 0. The lowest BCUT2D eigenvalue weighted by molar-refractivity contribution is 1.39. The van der Waals surface area contributed by atoms with Crippen molar-refractivity contribution in [2.45, 2.75) is 9.79 Å². The van der Waals surface area contributed by atoms with E-state index < -0.39 is 0 Å². The van der Waals surface area contributed by atoms with Gasteiger partial charge in [0.05, 0.1) is 20.1 Å². The molecule has 4 aromatic rings. The van der Waals surface area contributed by atoms with Gasteiger partial charge >= 0.3 is 0 Å². The third-order valence-electron chi connectivity index (χ3n) is 4.77. The minimum atomic E-state index is 0.421. The van der Waals surface area contributed by atoms with Gasteiger partial charge in [0, 0.05) is 53.5 Å². The first kappa shape index (κ1) is 24.7. The molecule has 0 aliphatic heterocycles. The predicted octanol–water partition coefficient (Wildman–Crippen LogP) is 10.3. The summed E-state index contributed by atoms with van der Waals surface area (Å²) in [6, 6.07) is 17.6. The summed E-state index contributed by atoms with van der Waals surface area (Å²) >= 11 is 40.2. The summed E-state index contributed by atoms with van der Waals surface area (Å²) in [5.74, 6) is 0. The van der Waals surface area contributed by atoms with Crippen LogP contribution in [0.25, 0.3) is 22.3 Å². The van der Waals surface area contributed by atoms with E-state index in [4.69, 9.17) is 81.1 Å². The Morgan fingerprint density at radius 2 is 0.818 bits per heavy atom. The minimum Gasteiger partial charge on any atom is -0.399 e. The molecular weight excluding hydrogens is 561 g/mol. The van der Waals surface area contributed by atoms with Crippen molar-refractivity contribution in [3.63, 3.8) is 0 Å². The van der Waals surface area contributed by atoms with Crippen molar-refractivity contribution in [3.8, 4) is 22.3 Å². The Hall–Kier alpha value is -1.43. The van der Waals surface area contributed by atoms with Gasteiger partial charge in [-0.15, -0.1) is 0 Å². The summed E-state index contributed by atoms with van der Waals surface area (Å²) in [5.41, 5.74) is 15.5. The Balaban J connectivity index is 1.90. The van der Waals surface area contributed by atoms with Gasteiger partial charge < -0.3 is 11.5 Å². The van der Waals surface area contributed by atoms with Crippen LogP contribution in [0.4, 0.5) is 11.4 Å². The highest BCUT2D eigenvalue weighted by molar-refractivity contribution is 7.99. The zero-order valence-corrected chi connectivity index (χ0v) is 22.0. The van der Waals surface area contributed by atoms with Crippen LogP contribution < -0.4 is 11.5 Å². The molecule has 4 aromatic carbocycles. The summed E-state index contributed by atoms with van der Waals surface area (Å²) in [5, 5.41) is 2.77. The fourth-order valence-corrected chi connectivity index (χ4v) is 6.20. The lowest BCUT2D eigenvalue weighted by Gasteiger charge is -2.17. The predicted molar refractivity (Wildman–Crippen MR) is 147 cm³/mol. The van der Waals surface area contributed by atoms with E-state index in [1.165, 1.54) is 11.8 Å². The van der Waals surface area contributed by atoms with Crippen LogP contribution in [0, 0.1) is 0 Å². The molecular formula is C24H14Cl6N2S. The Bertz CT molecular complexity index is 1240. The number of hydrogen-bond donors (Lipinski definition) is 2. The van der Waals surface area contributed by atoms with Gasteiger partial charge in [0.2, 0.25) is 0 Å². The Kier molecular flexibility index (Phi) is 7.52. The molecule has 0 aliphatic rings. The van der Waals surface area contributed by atoms with Gasteiger partial charge in [-0.25, -0.2) is 0 Å². The molecule has 9 heteroatoms. The van der Waals surface area contributed by atoms with Crippen molar-refractivity contribution in [1.29, 1.82) is 0 Å². The largest absolute Gasteiger partial charge is 0.399 e. The zero-order chi connectivity index (χ0) is 23.9. The Morgan fingerprint density at radius 1 is 0.485 bits per heavy atom. The molecule has 0 spiro atoms. The molecule has 0 fully saturated rings. The van der Waals surface area contributed by atoms with Crippen molar-refractivity contribution in [2.24, 2.45) is 0 Å². The van der Waals surface area contributed by atoms with Crippen LogP contribution in [0.5, 0.6) is 0 Å². The third kappa shape index (κ3) is 5.31. The van der Waals surface area contributed by atoms with Crippen LogP contribution in [0.15, 0.2) is 70.5 Å². The van der Waals surface area contributed by atoms with Crippen LogP contribution in [0.2, 0.25) is 30.1 Å². The molecule has 4 N–H and O–H groups in total. The van der Waals surface area contributed by atoms with E-state index in [0.717, 1.165) is 20.9 Å². The Morgan fingerprint density at radius 3 is 1.15 bits per heavy atom. The minimum absolute atomic E-state index is 0.421. The van der Waals surface area contributed by atoms with Crippen LogP contribution >= 0.6 is 81.4 Å². The van der Waals surface area contributed by atoms with Crippen LogP contribution in [0.3, 0.4) is 0 Å². The van der Waals surface area contributed by atoms with Crippen LogP contribution in [0.1, 0.15) is 0 Å². The van der Waals surface area contributed by atoms with E-state index in [1.54, 1.807) is 36.4 Å². The molecule has 4 rings (SSSR count). The maximum atomic E-state index is 6.52. The highest BCUT2D eigenvalue weighted by atomic mass is 35.5. The second kappa shape index (κ2) is 10.1. The number of rotatable bonds is 4. The quantitative estimate of drug-likeness (QED) is 0.238. The second-order valence-electron chi connectivity index (χ2n) is 7.10. The molecule has 0 saturated heterocycles. The third-order valence-corrected chi connectivity index (χ3v) is 7.59. The number of hydrogen-bond acceptors (Lipinski definition) is 3. The lowest BCUT2D eigenvalue weighted by atomic mass is 10.0. The number of halogens is 6. The van der Waals surface area contributed by atoms with Crippen molar-refractivity contribution in [2.75, 3.05) is 11.5 Å². The lowest BCUT2D eigenvalue weighted by Crippen LogP contribution is -1.92. The molecule has 0 amide bonds. The first-order valence-electron chi connectivity index (χ1n) is 9.40. The highest BCUT2D eigenvalue weighted by Crippen LogP contribution is 2.48. The first-order chi connectivity index (χ1) is 15.6. The van der Waals surface area contributed by atoms with Gasteiger partial charge in [-0.2, -0.15) is 0 Å². The van der Waals surface area contributed by atoms with E-state index in [1.807, 2.05) is 24.3 Å². The number of benzene rings is 4.